The van der Waals surface area contributed by atoms with E-state index < -0.39 is 0 Å². The van der Waals surface area contributed by atoms with E-state index in [0.29, 0.717) is 18.5 Å². The molecule has 1 atom stereocenters. The van der Waals surface area contributed by atoms with Crippen LogP contribution in [0.5, 0.6) is 0 Å². The molecule has 1 unspecified atom stereocenters. The Morgan fingerprint density at radius 2 is 2.56 bits per heavy atom. The normalized spacial score (nSPS) is 19.4. The van der Waals surface area contributed by atoms with Crippen molar-refractivity contribution in [3.63, 3.8) is 0 Å². The highest BCUT2D eigenvalue weighted by molar-refractivity contribution is 5.38. The maximum absolute atomic E-state index is 11.7. The first-order valence-electron chi connectivity index (χ1n) is 6.33. The molecule has 2 heterocycles. The molecule has 0 aliphatic carbocycles. The highest BCUT2D eigenvalue weighted by Gasteiger charge is 2.26. The largest absolute Gasteiger partial charge is 0.383 e. The van der Waals surface area contributed by atoms with Crippen LogP contribution in [0.15, 0.2) is 17.2 Å². The van der Waals surface area contributed by atoms with Gasteiger partial charge in [-0.25, -0.2) is 4.98 Å². The molecular weight excluding hydrogens is 232 g/mol. The number of hydrogen-bond acceptors (Lipinski definition) is 5. The third-order valence-corrected chi connectivity index (χ3v) is 3.20. The van der Waals surface area contributed by atoms with Gasteiger partial charge in [0.2, 0.25) is 0 Å². The van der Waals surface area contributed by atoms with E-state index in [1.54, 1.807) is 19.5 Å². The number of aromatic amines is 1. The lowest BCUT2D eigenvalue weighted by Crippen LogP contribution is -2.41. The Hall–Kier alpha value is -1.40. The van der Waals surface area contributed by atoms with Gasteiger partial charge in [-0.1, -0.05) is 0 Å². The van der Waals surface area contributed by atoms with Gasteiger partial charge in [0.15, 0.2) is 5.82 Å². The van der Waals surface area contributed by atoms with Crippen molar-refractivity contribution >= 4 is 5.82 Å². The van der Waals surface area contributed by atoms with Gasteiger partial charge in [0, 0.05) is 45.2 Å². The maximum atomic E-state index is 11.7. The Bertz CT molecular complexity index is 421. The molecule has 0 saturated carbocycles. The van der Waals surface area contributed by atoms with Crippen molar-refractivity contribution in [1.29, 1.82) is 0 Å². The average Bonchev–Trinajstić information content (AvgIpc) is 2.83. The molecule has 100 valence electrons. The number of rotatable bonds is 6. The van der Waals surface area contributed by atoms with E-state index in [1.165, 1.54) is 0 Å². The minimum atomic E-state index is -0.110. The van der Waals surface area contributed by atoms with Crippen molar-refractivity contribution in [2.75, 3.05) is 38.3 Å². The second-order valence-corrected chi connectivity index (χ2v) is 4.43. The van der Waals surface area contributed by atoms with Crippen molar-refractivity contribution in [2.45, 2.75) is 18.9 Å². The van der Waals surface area contributed by atoms with Crippen molar-refractivity contribution in [2.24, 2.45) is 0 Å². The van der Waals surface area contributed by atoms with Gasteiger partial charge in [-0.05, 0) is 12.8 Å². The maximum Gasteiger partial charge on any atom is 0.290 e. The zero-order valence-electron chi connectivity index (χ0n) is 10.7. The third-order valence-electron chi connectivity index (χ3n) is 3.20. The van der Waals surface area contributed by atoms with Gasteiger partial charge < -0.3 is 19.9 Å². The number of ether oxygens (including phenoxy) is 1. The number of nitrogens with zero attached hydrogens (tertiary/aromatic N) is 2. The summed E-state index contributed by atoms with van der Waals surface area (Å²) in [6.07, 6.45) is 5.39. The molecule has 1 aromatic rings. The molecule has 1 fully saturated rings. The molecule has 6 nitrogen and oxygen atoms in total. The van der Waals surface area contributed by atoms with Gasteiger partial charge in [-0.2, -0.15) is 0 Å². The zero-order chi connectivity index (χ0) is 12.8. The van der Waals surface area contributed by atoms with E-state index in [-0.39, 0.29) is 5.56 Å². The fraction of sp³-hybridized carbons (Fsp3) is 0.667. The Labute approximate surface area is 106 Å². The monoisotopic (exact) mass is 252 g/mol. The van der Waals surface area contributed by atoms with Gasteiger partial charge >= 0.3 is 0 Å². The molecule has 0 spiro atoms. The molecule has 6 heteroatoms. The number of aromatic nitrogens is 2. The number of H-pyrrole nitrogens is 1. The summed E-state index contributed by atoms with van der Waals surface area (Å²) in [5, 5.41) is 3.34. The second kappa shape index (κ2) is 6.51. The standard InChI is InChI=1S/C12H20N4O2/c1-18-8-6-13-9-10-3-2-7-16(10)11-12(17)15-5-4-14-11/h4-5,10,13H,2-3,6-9H2,1H3,(H,15,17). The Morgan fingerprint density at radius 1 is 1.67 bits per heavy atom. The van der Waals surface area contributed by atoms with Gasteiger partial charge in [0.05, 0.1) is 6.61 Å². The van der Waals surface area contributed by atoms with Crippen molar-refractivity contribution < 1.29 is 4.74 Å². The van der Waals surface area contributed by atoms with E-state index in [1.807, 2.05) is 0 Å². The average molecular weight is 252 g/mol. The molecule has 0 radical (unpaired) electrons. The van der Waals surface area contributed by atoms with Crippen LogP contribution >= 0.6 is 0 Å². The number of nitrogens with one attached hydrogen (secondary N) is 2. The molecule has 1 aliphatic rings. The lowest BCUT2D eigenvalue weighted by Gasteiger charge is -2.25. The molecule has 2 N–H and O–H groups in total. The summed E-state index contributed by atoms with van der Waals surface area (Å²) in [6, 6.07) is 0.345. The molecule has 1 aliphatic heterocycles. The van der Waals surface area contributed by atoms with Gasteiger partial charge in [-0.15, -0.1) is 0 Å². The van der Waals surface area contributed by atoms with Crippen molar-refractivity contribution in [3.8, 4) is 0 Å². The zero-order valence-corrected chi connectivity index (χ0v) is 10.7. The van der Waals surface area contributed by atoms with E-state index in [2.05, 4.69) is 20.2 Å². The summed E-state index contributed by atoms with van der Waals surface area (Å²) in [6.45, 7) is 3.30. The van der Waals surface area contributed by atoms with Crippen LogP contribution in [0.2, 0.25) is 0 Å². The molecule has 1 saturated heterocycles. The Kier molecular flexibility index (Phi) is 4.72. The van der Waals surface area contributed by atoms with Gasteiger partial charge in [0.25, 0.3) is 5.56 Å². The first-order valence-corrected chi connectivity index (χ1v) is 6.33. The first-order chi connectivity index (χ1) is 8.83. The predicted octanol–water partition coefficient (Wildman–Crippen LogP) is -0.0253. The predicted molar refractivity (Wildman–Crippen MR) is 70.0 cm³/mol. The highest BCUT2D eigenvalue weighted by atomic mass is 16.5. The van der Waals surface area contributed by atoms with Crippen molar-refractivity contribution in [3.05, 3.63) is 22.7 Å². The molecular formula is C12H20N4O2. The van der Waals surface area contributed by atoms with E-state index in [0.717, 1.165) is 32.5 Å². The van der Waals surface area contributed by atoms with E-state index >= 15 is 0 Å². The molecule has 0 amide bonds. The third kappa shape index (κ3) is 3.08. The number of methoxy groups -OCH3 is 1. The van der Waals surface area contributed by atoms with Crippen LogP contribution in [0, 0.1) is 0 Å². The summed E-state index contributed by atoms with van der Waals surface area (Å²) in [7, 11) is 1.69. The summed E-state index contributed by atoms with van der Waals surface area (Å²) >= 11 is 0. The van der Waals surface area contributed by atoms with Gasteiger partial charge in [-0.3, -0.25) is 4.79 Å². The fourth-order valence-corrected chi connectivity index (χ4v) is 2.32. The van der Waals surface area contributed by atoms with E-state index in [9.17, 15) is 4.79 Å². The summed E-state index contributed by atoms with van der Waals surface area (Å²) in [4.78, 5) is 20.7. The van der Waals surface area contributed by atoms with Crippen LogP contribution in [0.1, 0.15) is 12.8 Å². The lowest BCUT2D eigenvalue weighted by molar-refractivity contribution is 0.199. The molecule has 18 heavy (non-hydrogen) atoms. The number of anilines is 1. The Balaban J connectivity index is 1.95. The second-order valence-electron chi connectivity index (χ2n) is 4.43. The molecule has 1 aromatic heterocycles. The first kappa shape index (κ1) is 13.0. The quantitative estimate of drug-likeness (QED) is 0.696. The molecule has 0 bridgehead atoms. The minimum absolute atomic E-state index is 0.110. The van der Waals surface area contributed by atoms with Crippen molar-refractivity contribution in [1.82, 2.24) is 15.3 Å². The van der Waals surface area contributed by atoms with Crippen LogP contribution < -0.4 is 15.8 Å². The number of hydrogen-bond donors (Lipinski definition) is 2. The van der Waals surface area contributed by atoms with Crippen LogP contribution in [0.25, 0.3) is 0 Å². The van der Waals surface area contributed by atoms with Crippen LogP contribution in [-0.2, 0) is 4.74 Å². The molecule has 2 rings (SSSR count). The molecule has 0 aromatic carbocycles. The Morgan fingerprint density at radius 3 is 3.33 bits per heavy atom. The summed E-state index contributed by atoms with van der Waals surface area (Å²) in [5.41, 5.74) is -0.110. The minimum Gasteiger partial charge on any atom is -0.383 e. The van der Waals surface area contributed by atoms with Crippen LogP contribution in [0.4, 0.5) is 5.82 Å². The van der Waals surface area contributed by atoms with Gasteiger partial charge in [0.1, 0.15) is 0 Å². The summed E-state index contributed by atoms with van der Waals surface area (Å²) in [5.74, 6) is 0.536. The van der Waals surface area contributed by atoms with Crippen LogP contribution in [0.3, 0.4) is 0 Å². The SMILES string of the molecule is COCCNCC1CCCN1c1ncc[nH]c1=O. The smallest absolute Gasteiger partial charge is 0.290 e. The highest BCUT2D eigenvalue weighted by Crippen LogP contribution is 2.20. The lowest BCUT2D eigenvalue weighted by atomic mass is 10.2. The topological polar surface area (TPSA) is 70.2 Å². The summed E-state index contributed by atoms with van der Waals surface area (Å²) < 4.78 is 4.99. The fourth-order valence-electron chi connectivity index (χ4n) is 2.32. The van der Waals surface area contributed by atoms with E-state index in [4.69, 9.17) is 4.74 Å². The van der Waals surface area contributed by atoms with Crippen LogP contribution in [-0.4, -0.2) is 49.4 Å².